The van der Waals surface area contributed by atoms with Crippen LogP contribution in [-0.2, 0) is 9.53 Å². The molecule has 6 nitrogen and oxygen atoms in total. The number of nitrogens with one attached hydrogen (secondary N) is 2. The van der Waals surface area contributed by atoms with Crippen LogP contribution in [0, 0.1) is 6.92 Å². The number of aryl methyl sites for hydroxylation is 1. The lowest BCUT2D eigenvalue weighted by Gasteiger charge is -2.11. The van der Waals surface area contributed by atoms with Gasteiger partial charge in [0.2, 0.25) is 0 Å². The first-order chi connectivity index (χ1) is 10.0. The zero-order chi connectivity index (χ0) is 15.4. The van der Waals surface area contributed by atoms with Gasteiger partial charge in [-0.15, -0.1) is 11.3 Å². The average Bonchev–Trinajstić information content (AvgIpc) is 3.07. The summed E-state index contributed by atoms with van der Waals surface area (Å²) in [6.45, 7) is 5.52. The molecule has 0 radical (unpaired) electrons. The molecule has 0 aliphatic heterocycles. The van der Waals surface area contributed by atoms with Gasteiger partial charge in [0.05, 0.1) is 17.3 Å². The van der Waals surface area contributed by atoms with Gasteiger partial charge in [-0.3, -0.25) is 4.79 Å². The monoisotopic (exact) mass is 307 g/mol. The molecular formula is C14H17N3O3S. The van der Waals surface area contributed by atoms with Gasteiger partial charge >= 0.3 is 5.97 Å². The van der Waals surface area contributed by atoms with E-state index in [-0.39, 0.29) is 12.5 Å². The van der Waals surface area contributed by atoms with Crippen LogP contribution in [-0.4, -0.2) is 34.5 Å². The Morgan fingerprint density at radius 2 is 2.29 bits per heavy atom. The minimum absolute atomic E-state index is 0.287. The molecule has 0 saturated heterocycles. The van der Waals surface area contributed by atoms with Crippen LogP contribution >= 0.6 is 11.3 Å². The molecule has 2 heterocycles. The van der Waals surface area contributed by atoms with E-state index in [4.69, 9.17) is 4.74 Å². The molecule has 0 spiro atoms. The van der Waals surface area contributed by atoms with Crippen molar-refractivity contribution in [1.82, 2.24) is 15.3 Å². The predicted molar refractivity (Wildman–Crippen MR) is 80.2 cm³/mol. The molecule has 2 rings (SSSR count). The maximum Gasteiger partial charge on any atom is 0.328 e. The van der Waals surface area contributed by atoms with E-state index in [1.807, 2.05) is 12.3 Å². The average molecular weight is 307 g/mol. The van der Waals surface area contributed by atoms with E-state index in [9.17, 15) is 9.59 Å². The summed E-state index contributed by atoms with van der Waals surface area (Å²) in [5.74, 6) is -0.804. The van der Waals surface area contributed by atoms with Gasteiger partial charge in [-0.1, -0.05) is 0 Å². The van der Waals surface area contributed by atoms with E-state index in [2.05, 4.69) is 15.3 Å². The highest BCUT2D eigenvalue weighted by Gasteiger charge is 2.18. The van der Waals surface area contributed by atoms with E-state index < -0.39 is 12.0 Å². The number of esters is 1. The van der Waals surface area contributed by atoms with Crippen molar-refractivity contribution in [2.45, 2.75) is 26.8 Å². The fourth-order valence-corrected chi connectivity index (χ4v) is 2.39. The van der Waals surface area contributed by atoms with Crippen molar-refractivity contribution < 1.29 is 14.3 Å². The molecule has 2 aromatic heterocycles. The van der Waals surface area contributed by atoms with Crippen LogP contribution in [0.1, 0.15) is 29.3 Å². The van der Waals surface area contributed by atoms with E-state index in [1.165, 1.54) is 0 Å². The van der Waals surface area contributed by atoms with Crippen molar-refractivity contribution in [3.05, 3.63) is 28.3 Å². The van der Waals surface area contributed by atoms with E-state index >= 15 is 0 Å². The summed E-state index contributed by atoms with van der Waals surface area (Å²) in [4.78, 5) is 30.8. The number of carbonyl (C=O) groups excluding carboxylic acids is 2. The third-order valence-corrected chi connectivity index (χ3v) is 3.60. The number of hydrogen-bond acceptors (Lipinski definition) is 5. The fraction of sp³-hybridized carbons (Fsp3) is 0.357. The number of thiazole rings is 1. The molecular weight excluding hydrogens is 290 g/mol. The summed E-state index contributed by atoms with van der Waals surface area (Å²) in [6.07, 6.45) is 1.72. The minimum Gasteiger partial charge on any atom is -0.464 e. The molecule has 0 bridgehead atoms. The van der Waals surface area contributed by atoms with Gasteiger partial charge in [-0.25, -0.2) is 9.78 Å². The van der Waals surface area contributed by atoms with E-state index in [1.54, 1.807) is 37.4 Å². The smallest absolute Gasteiger partial charge is 0.328 e. The molecule has 1 amide bonds. The van der Waals surface area contributed by atoms with Crippen LogP contribution in [0.5, 0.6) is 0 Å². The summed E-state index contributed by atoms with van der Waals surface area (Å²) in [7, 11) is 0. The highest BCUT2D eigenvalue weighted by molar-refractivity contribution is 7.09. The van der Waals surface area contributed by atoms with Gasteiger partial charge in [0.15, 0.2) is 0 Å². The topological polar surface area (TPSA) is 84.1 Å². The van der Waals surface area contributed by atoms with Crippen LogP contribution in [0.4, 0.5) is 0 Å². The summed E-state index contributed by atoms with van der Waals surface area (Å²) >= 11 is 1.55. The molecule has 1 atom stereocenters. The van der Waals surface area contributed by atoms with Crippen LogP contribution in [0.25, 0.3) is 11.3 Å². The maximum absolute atomic E-state index is 12.0. The van der Waals surface area contributed by atoms with Gasteiger partial charge in [0, 0.05) is 17.1 Å². The molecule has 0 aliphatic carbocycles. The van der Waals surface area contributed by atoms with Crippen molar-refractivity contribution >= 4 is 23.2 Å². The quantitative estimate of drug-likeness (QED) is 0.829. The first kappa shape index (κ1) is 15.2. The Labute approximate surface area is 126 Å². The highest BCUT2D eigenvalue weighted by atomic mass is 32.1. The number of ether oxygens (including phenoxy) is 1. The Morgan fingerprint density at radius 3 is 2.90 bits per heavy atom. The Hall–Kier alpha value is -2.15. The van der Waals surface area contributed by atoms with Crippen LogP contribution in [0.2, 0.25) is 0 Å². The van der Waals surface area contributed by atoms with Crippen LogP contribution in [0.15, 0.2) is 17.6 Å². The Balaban J connectivity index is 2.04. The van der Waals surface area contributed by atoms with E-state index in [0.717, 1.165) is 16.3 Å². The third kappa shape index (κ3) is 3.69. The van der Waals surface area contributed by atoms with Crippen molar-refractivity contribution in [2.24, 2.45) is 0 Å². The minimum atomic E-state index is -0.689. The van der Waals surface area contributed by atoms with Crippen molar-refractivity contribution in [2.75, 3.05) is 6.61 Å². The van der Waals surface area contributed by atoms with E-state index in [0.29, 0.717) is 5.69 Å². The van der Waals surface area contributed by atoms with Crippen molar-refractivity contribution in [3.8, 4) is 11.3 Å². The van der Waals surface area contributed by atoms with Crippen LogP contribution in [0.3, 0.4) is 0 Å². The molecule has 21 heavy (non-hydrogen) atoms. The largest absolute Gasteiger partial charge is 0.464 e. The number of amides is 1. The number of carbonyl (C=O) groups is 2. The zero-order valence-corrected chi connectivity index (χ0v) is 12.9. The second-order valence-electron chi connectivity index (χ2n) is 4.50. The number of aromatic nitrogens is 2. The lowest BCUT2D eigenvalue weighted by molar-refractivity contribution is -0.144. The molecule has 7 heteroatoms. The number of hydrogen-bond donors (Lipinski definition) is 2. The molecule has 0 aromatic carbocycles. The number of rotatable bonds is 5. The molecule has 1 unspecified atom stereocenters. The van der Waals surface area contributed by atoms with Gasteiger partial charge < -0.3 is 15.0 Å². The first-order valence-electron chi connectivity index (χ1n) is 6.59. The number of aromatic amines is 1. The maximum atomic E-state index is 12.0. The third-order valence-electron chi connectivity index (χ3n) is 2.83. The second-order valence-corrected chi connectivity index (χ2v) is 5.56. The first-order valence-corrected chi connectivity index (χ1v) is 7.47. The summed E-state index contributed by atoms with van der Waals surface area (Å²) in [5.41, 5.74) is 2.05. The Bertz CT molecular complexity index is 647. The van der Waals surface area contributed by atoms with Gasteiger partial charge in [-0.05, 0) is 26.8 Å². The molecule has 0 fully saturated rings. The summed E-state index contributed by atoms with van der Waals surface area (Å²) in [5, 5.41) is 5.49. The lowest BCUT2D eigenvalue weighted by atomic mass is 10.2. The molecule has 2 N–H and O–H groups in total. The highest BCUT2D eigenvalue weighted by Crippen LogP contribution is 2.22. The van der Waals surface area contributed by atoms with Gasteiger partial charge in [-0.2, -0.15) is 0 Å². The zero-order valence-electron chi connectivity index (χ0n) is 12.1. The molecule has 112 valence electrons. The number of H-pyrrole nitrogens is 1. The van der Waals surface area contributed by atoms with Crippen molar-refractivity contribution in [3.63, 3.8) is 0 Å². The number of nitrogens with zero attached hydrogens (tertiary/aromatic N) is 1. The standard InChI is InChI=1S/C14H17N3O3S/c1-4-20-14(19)8(2)16-13(18)11-5-10(6-15-11)12-7-21-9(3)17-12/h5-8,15H,4H2,1-3H3,(H,16,18). The second kappa shape index (κ2) is 6.53. The van der Waals surface area contributed by atoms with Gasteiger partial charge in [0.1, 0.15) is 11.7 Å². The Kier molecular flexibility index (Phi) is 4.74. The fourth-order valence-electron chi connectivity index (χ4n) is 1.77. The lowest BCUT2D eigenvalue weighted by Crippen LogP contribution is -2.39. The Morgan fingerprint density at radius 1 is 1.52 bits per heavy atom. The molecule has 0 saturated carbocycles. The molecule has 0 aliphatic rings. The van der Waals surface area contributed by atoms with Gasteiger partial charge in [0.25, 0.3) is 5.91 Å². The summed E-state index contributed by atoms with van der Waals surface area (Å²) < 4.78 is 4.85. The predicted octanol–water partition coefficient (Wildman–Crippen LogP) is 2.13. The SMILES string of the molecule is CCOC(=O)C(C)NC(=O)c1cc(-c2csc(C)n2)c[nH]1. The summed E-state index contributed by atoms with van der Waals surface area (Å²) in [6, 6.07) is 1.02. The normalized spacial score (nSPS) is 12.0. The van der Waals surface area contributed by atoms with Crippen molar-refractivity contribution in [1.29, 1.82) is 0 Å². The molecule has 2 aromatic rings. The van der Waals surface area contributed by atoms with Crippen LogP contribution < -0.4 is 5.32 Å².